The number of ether oxygens (including phenoxy) is 4. The fourth-order valence-corrected chi connectivity index (χ4v) is 12.4. The Morgan fingerprint density at radius 1 is 0.365 bits per heavy atom. The van der Waals surface area contributed by atoms with Crippen LogP contribution in [0.3, 0.4) is 0 Å². The first-order chi connectivity index (χ1) is 25.6. The molecule has 6 heteroatoms. The van der Waals surface area contributed by atoms with Crippen LogP contribution >= 0.6 is 15.8 Å². The molecule has 6 rings (SSSR count). The SMILES string of the molecule is COc1ccc(C[C@@H](CP(c2ccccc2)c2ccccc2)[C@@H](Cc2ccc(OC)c(OC)c2)CP(c2ccccc2)c2ccccc2)cc1OC. The summed E-state index contributed by atoms with van der Waals surface area (Å²) in [5.74, 6) is 3.68. The summed E-state index contributed by atoms with van der Waals surface area (Å²) in [5, 5.41) is 5.61. The van der Waals surface area contributed by atoms with Crippen molar-refractivity contribution in [3.05, 3.63) is 169 Å². The van der Waals surface area contributed by atoms with Crippen LogP contribution in [0.4, 0.5) is 0 Å². The van der Waals surface area contributed by atoms with Crippen molar-refractivity contribution in [2.45, 2.75) is 12.8 Å². The lowest BCUT2D eigenvalue weighted by molar-refractivity contribution is 0.351. The predicted molar refractivity (Wildman–Crippen MR) is 221 cm³/mol. The van der Waals surface area contributed by atoms with Crippen molar-refractivity contribution >= 4 is 37.1 Å². The molecule has 6 aromatic rings. The van der Waals surface area contributed by atoms with Crippen molar-refractivity contribution in [3.63, 3.8) is 0 Å². The smallest absolute Gasteiger partial charge is 0.160 e. The summed E-state index contributed by atoms with van der Waals surface area (Å²) in [6, 6.07) is 57.3. The molecule has 0 aliphatic rings. The van der Waals surface area contributed by atoms with Gasteiger partial charge in [-0.2, -0.15) is 0 Å². The van der Waals surface area contributed by atoms with E-state index >= 15 is 0 Å². The number of benzene rings is 6. The average Bonchev–Trinajstić information content (AvgIpc) is 3.22. The van der Waals surface area contributed by atoms with Crippen LogP contribution in [0.1, 0.15) is 11.1 Å². The van der Waals surface area contributed by atoms with E-state index in [1.165, 1.54) is 32.3 Å². The highest BCUT2D eigenvalue weighted by atomic mass is 31.1. The standard InChI is InChI=1S/C46H48O4P2/c1-47-43-27-25-35(31-45(43)49-3)29-37(33-51(39-17-9-5-10-18-39)40-19-11-6-12-20-40)38(30-36-26-28-44(48-2)46(32-36)50-4)34-52(41-21-13-7-14-22-41)42-23-15-8-16-24-42/h5-28,31-32,37-38H,29-30,33-34H2,1-4H3/t37-,38-/m0/s1. The van der Waals surface area contributed by atoms with Crippen molar-refractivity contribution in [1.82, 2.24) is 0 Å². The van der Waals surface area contributed by atoms with Gasteiger partial charge in [0.1, 0.15) is 0 Å². The van der Waals surface area contributed by atoms with Gasteiger partial charge in [0.2, 0.25) is 0 Å². The maximum atomic E-state index is 5.82. The molecule has 0 amide bonds. The monoisotopic (exact) mass is 726 g/mol. The van der Waals surface area contributed by atoms with E-state index in [9.17, 15) is 0 Å². The zero-order valence-electron chi connectivity index (χ0n) is 30.5. The Balaban J connectivity index is 1.50. The molecule has 0 N–H and O–H groups in total. The normalized spacial score (nSPS) is 12.3. The molecule has 0 saturated heterocycles. The highest BCUT2D eigenvalue weighted by molar-refractivity contribution is 7.73. The molecular weight excluding hydrogens is 678 g/mol. The average molecular weight is 727 g/mol. The third-order valence-electron chi connectivity index (χ3n) is 9.66. The van der Waals surface area contributed by atoms with Gasteiger partial charge in [0.05, 0.1) is 28.4 Å². The highest BCUT2D eigenvalue weighted by Crippen LogP contribution is 2.45. The van der Waals surface area contributed by atoms with Gasteiger partial charge in [0.25, 0.3) is 0 Å². The van der Waals surface area contributed by atoms with Crippen LogP contribution in [-0.2, 0) is 12.8 Å². The molecule has 4 nitrogen and oxygen atoms in total. The molecular formula is C46H48O4P2. The summed E-state index contributed by atoms with van der Waals surface area (Å²) in [5.41, 5.74) is 2.50. The van der Waals surface area contributed by atoms with Crippen molar-refractivity contribution in [2.24, 2.45) is 11.8 Å². The van der Waals surface area contributed by atoms with Crippen LogP contribution < -0.4 is 40.2 Å². The molecule has 266 valence electrons. The summed E-state index contributed by atoms with van der Waals surface area (Å²) in [6.07, 6.45) is 3.90. The second-order valence-electron chi connectivity index (χ2n) is 12.9. The van der Waals surface area contributed by atoms with Crippen molar-refractivity contribution < 1.29 is 18.9 Å². The highest BCUT2D eigenvalue weighted by Gasteiger charge is 2.31. The van der Waals surface area contributed by atoms with Gasteiger partial charge in [0, 0.05) is 0 Å². The van der Waals surface area contributed by atoms with Crippen LogP contribution in [0.15, 0.2) is 158 Å². The topological polar surface area (TPSA) is 36.9 Å². The first kappa shape index (κ1) is 37.1. The van der Waals surface area contributed by atoms with Gasteiger partial charge < -0.3 is 18.9 Å². The summed E-state index contributed by atoms with van der Waals surface area (Å²) in [4.78, 5) is 0. The molecule has 6 aromatic carbocycles. The third-order valence-corrected chi connectivity index (χ3v) is 15.0. The molecule has 0 radical (unpaired) electrons. The molecule has 52 heavy (non-hydrogen) atoms. The van der Waals surface area contributed by atoms with Crippen LogP contribution in [0, 0.1) is 11.8 Å². The van der Waals surface area contributed by atoms with E-state index in [4.69, 9.17) is 18.9 Å². The number of hydrogen-bond donors (Lipinski definition) is 0. The summed E-state index contributed by atoms with van der Waals surface area (Å²) in [7, 11) is 5.51. The van der Waals surface area contributed by atoms with E-state index in [1.54, 1.807) is 28.4 Å². The maximum Gasteiger partial charge on any atom is 0.160 e. The largest absolute Gasteiger partial charge is 0.493 e. The van der Waals surface area contributed by atoms with Gasteiger partial charge in [-0.15, -0.1) is 0 Å². The van der Waals surface area contributed by atoms with Crippen molar-refractivity contribution in [1.29, 1.82) is 0 Å². The minimum atomic E-state index is -0.658. The van der Waals surface area contributed by atoms with Gasteiger partial charge in [-0.3, -0.25) is 0 Å². The second kappa shape index (κ2) is 18.7. The Kier molecular flexibility index (Phi) is 13.4. The molecule has 0 aliphatic heterocycles. The molecule has 0 fully saturated rings. The van der Waals surface area contributed by atoms with Crippen molar-refractivity contribution in [2.75, 3.05) is 40.8 Å². The fraction of sp³-hybridized carbons (Fsp3) is 0.217. The van der Waals surface area contributed by atoms with Gasteiger partial charge >= 0.3 is 0 Å². The van der Waals surface area contributed by atoms with E-state index < -0.39 is 15.8 Å². The van der Waals surface area contributed by atoms with E-state index in [-0.39, 0.29) is 0 Å². The van der Waals surface area contributed by atoms with E-state index in [0.717, 1.165) is 48.2 Å². The lowest BCUT2D eigenvalue weighted by Crippen LogP contribution is -2.31. The summed E-state index contributed by atoms with van der Waals surface area (Å²) < 4.78 is 22.9. The van der Waals surface area contributed by atoms with Gasteiger partial charge in [-0.25, -0.2) is 0 Å². The molecule has 0 spiro atoms. The quantitative estimate of drug-likeness (QED) is 0.0880. The number of rotatable bonds is 17. The molecule has 0 aromatic heterocycles. The fourth-order valence-electron chi connectivity index (χ4n) is 7.00. The Morgan fingerprint density at radius 2 is 0.654 bits per heavy atom. The lowest BCUT2D eigenvalue weighted by Gasteiger charge is -2.34. The van der Waals surface area contributed by atoms with E-state index in [2.05, 4.69) is 146 Å². The Labute approximate surface area is 312 Å². The second-order valence-corrected chi connectivity index (χ2v) is 17.4. The Hall–Kier alpha value is -4.62. The predicted octanol–water partition coefficient (Wildman–Crippen LogP) is 9.00. The maximum absolute atomic E-state index is 5.82. The van der Waals surface area contributed by atoms with Crippen LogP contribution in [0.25, 0.3) is 0 Å². The Bertz CT molecular complexity index is 1730. The summed E-state index contributed by atoms with van der Waals surface area (Å²) in [6.45, 7) is 0. The molecule has 0 aliphatic carbocycles. The number of hydrogen-bond acceptors (Lipinski definition) is 4. The van der Waals surface area contributed by atoms with Crippen LogP contribution in [-0.4, -0.2) is 40.8 Å². The van der Waals surface area contributed by atoms with Gasteiger partial charge in [-0.1, -0.05) is 133 Å². The lowest BCUT2D eigenvalue weighted by atomic mass is 9.85. The van der Waals surface area contributed by atoms with E-state index in [0.29, 0.717) is 11.8 Å². The van der Waals surface area contributed by atoms with Crippen LogP contribution in [0.2, 0.25) is 0 Å². The van der Waals surface area contributed by atoms with Gasteiger partial charge in [0.15, 0.2) is 23.0 Å². The molecule has 2 atom stereocenters. The summed E-state index contributed by atoms with van der Waals surface area (Å²) >= 11 is 0. The first-order valence-electron chi connectivity index (χ1n) is 17.8. The number of methoxy groups -OCH3 is 4. The Morgan fingerprint density at radius 3 is 0.923 bits per heavy atom. The van der Waals surface area contributed by atoms with E-state index in [1.807, 2.05) is 12.1 Å². The zero-order chi connectivity index (χ0) is 36.1. The zero-order valence-corrected chi connectivity index (χ0v) is 32.3. The van der Waals surface area contributed by atoms with Crippen molar-refractivity contribution in [3.8, 4) is 23.0 Å². The molecule has 0 unspecified atom stereocenters. The molecule has 0 bridgehead atoms. The van der Waals surface area contributed by atoms with Gasteiger partial charge in [-0.05, 0) is 109 Å². The third kappa shape index (κ3) is 9.43. The molecule has 0 heterocycles. The minimum absolute atomic E-state index is 0.329. The first-order valence-corrected chi connectivity index (χ1v) is 20.8. The minimum Gasteiger partial charge on any atom is -0.493 e. The van der Waals surface area contributed by atoms with Crippen LogP contribution in [0.5, 0.6) is 23.0 Å². The molecule has 0 saturated carbocycles.